The number of alkyl halides is 1. The summed E-state index contributed by atoms with van der Waals surface area (Å²) in [6, 6.07) is 8.33. The van der Waals surface area contributed by atoms with Crippen LogP contribution in [0.3, 0.4) is 0 Å². The van der Waals surface area contributed by atoms with Gasteiger partial charge in [0.15, 0.2) is 0 Å². The minimum atomic E-state index is 0.142. The summed E-state index contributed by atoms with van der Waals surface area (Å²) in [6.07, 6.45) is 0.142. The lowest BCUT2D eigenvalue weighted by Gasteiger charge is -2.37. The Bertz CT molecular complexity index is 405. The second-order valence-corrected chi connectivity index (χ2v) is 5.98. The van der Waals surface area contributed by atoms with Crippen molar-refractivity contribution in [2.24, 2.45) is 0 Å². The molecule has 2 atom stereocenters. The van der Waals surface area contributed by atoms with Crippen molar-refractivity contribution in [1.82, 2.24) is 4.90 Å². The number of hydrogen-bond acceptors (Lipinski definition) is 3. The molecule has 2 unspecified atom stereocenters. The molecule has 0 radical (unpaired) electrons. The number of ether oxygens (including phenoxy) is 2. The van der Waals surface area contributed by atoms with Gasteiger partial charge < -0.3 is 9.47 Å². The van der Waals surface area contributed by atoms with Gasteiger partial charge in [-0.2, -0.15) is 0 Å². The third-order valence-corrected chi connectivity index (χ3v) is 4.09. The summed E-state index contributed by atoms with van der Waals surface area (Å²) < 4.78 is 12.4. The highest BCUT2D eigenvalue weighted by Crippen LogP contribution is 2.18. The van der Waals surface area contributed by atoms with Gasteiger partial charge in [-0.25, -0.2) is 0 Å². The highest BCUT2D eigenvalue weighted by atomic mass is 79.9. The SMILES string of the molecule is CC1COC(CCl)CN1CCOc1cccc(Br)c1. The van der Waals surface area contributed by atoms with Gasteiger partial charge in [-0.3, -0.25) is 4.90 Å². The van der Waals surface area contributed by atoms with E-state index in [9.17, 15) is 0 Å². The zero-order valence-corrected chi connectivity index (χ0v) is 13.4. The Morgan fingerprint density at radius 3 is 3.11 bits per heavy atom. The van der Waals surface area contributed by atoms with E-state index >= 15 is 0 Å². The van der Waals surface area contributed by atoms with Crippen LogP contribution in [-0.2, 0) is 4.74 Å². The van der Waals surface area contributed by atoms with Crippen molar-refractivity contribution in [3.63, 3.8) is 0 Å². The van der Waals surface area contributed by atoms with E-state index in [1.165, 1.54) is 0 Å². The van der Waals surface area contributed by atoms with Gasteiger partial charge >= 0.3 is 0 Å². The highest BCUT2D eigenvalue weighted by molar-refractivity contribution is 9.10. The van der Waals surface area contributed by atoms with Crippen molar-refractivity contribution in [1.29, 1.82) is 0 Å². The molecule has 1 aliphatic rings. The molecule has 2 rings (SSSR count). The van der Waals surface area contributed by atoms with Crippen molar-refractivity contribution in [2.75, 3.05) is 32.2 Å². The molecule has 106 valence electrons. The second kappa shape index (κ2) is 7.48. The van der Waals surface area contributed by atoms with Crippen LogP contribution in [-0.4, -0.2) is 49.2 Å². The molecule has 1 heterocycles. The molecule has 0 N–H and O–H groups in total. The summed E-state index contributed by atoms with van der Waals surface area (Å²) in [7, 11) is 0. The van der Waals surface area contributed by atoms with Crippen LogP contribution < -0.4 is 4.74 Å². The van der Waals surface area contributed by atoms with Crippen LogP contribution in [0, 0.1) is 0 Å². The van der Waals surface area contributed by atoms with Gasteiger partial charge in [0, 0.05) is 29.5 Å². The molecule has 0 saturated carbocycles. The summed E-state index contributed by atoms with van der Waals surface area (Å²) >= 11 is 9.29. The van der Waals surface area contributed by atoms with E-state index in [2.05, 4.69) is 27.8 Å². The van der Waals surface area contributed by atoms with Gasteiger partial charge in [-0.05, 0) is 25.1 Å². The molecule has 5 heteroatoms. The topological polar surface area (TPSA) is 21.7 Å². The summed E-state index contributed by atoms with van der Waals surface area (Å²) in [5, 5.41) is 0. The summed E-state index contributed by atoms with van der Waals surface area (Å²) in [5.74, 6) is 1.44. The van der Waals surface area contributed by atoms with E-state index in [0.29, 0.717) is 18.5 Å². The lowest BCUT2D eigenvalue weighted by atomic mass is 10.2. The summed E-state index contributed by atoms with van der Waals surface area (Å²) in [6.45, 7) is 5.37. The Labute approximate surface area is 128 Å². The van der Waals surface area contributed by atoms with Gasteiger partial charge in [-0.15, -0.1) is 11.6 Å². The number of nitrogens with zero attached hydrogens (tertiary/aromatic N) is 1. The fraction of sp³-hybridized carbons (Fsp3) is 0.571. The van der Waals surface area contributed by atoms with Gasteiger partial charge in [0.2, 0.25) is 0 Å². The van der Waals surface area contributed by atoms with Crippen LogP contribution in [0.4, 0.5) is 0 Å². The minimum Gasteiger partial charge on any atom is -0.492 e. The van der Waals surface area contributed by atoms with Crippen LogP contribution in [0.2, 0.25) is 0 Å². The van der Waals surface area contributed by atoms with E-state index in [1.807, 2.05) is 24.3 Å². The molecule has 0 aliphatic carbocycles. The van der Waals surface area contributed by atoms with E-state index < -0.39 is 0 Å². The molecule has 1 fully saturated rings. The monoisotopic (exact) mass is 347 g/mol. The van der Waals surface area contributed by atoms with Gasteiger partial charge in [0.1, 0.15) is 12.4 Å². The van der Waals surface area contributed by atoms with Crippen molar-refractivity contribution in [2.45, 2.75) is 19.1 Å². The Morgan fingerprint density at radius 2 is 2.37 bits per heavy atom. The van der Waals surface area contributed by atoms with Gasteiger partial charge in [-0.1, -0.05) is 22.0 Å². The largest absolute Gasteiger partial charge is 0.492 e. The Kier molecular flexibility index (Phi) is 5.95. The first-order valence-electron chi connectivity index (χ1n) is 6.49. The van der Waals surface area contributed by atoms with E-state index in [0.717, 1.165) is 29.9 Å². The predicted molar refractivity (Wildman–Crippen MR) is 81.1 cm³/mol. The van der Waals surface area contributed by atoms with E-state index in [4.69, 9.17) is 21.1 Å². The molecule has 1 aliphatic heterocycles. The second-order valence-electron chi connectivity index (χ2n) is 4.76. The normalized spacial score (nSPS) is 24.4. The van der Waals surface area contributed by atoms with Crippen molar-refractivity contribution in [3.05, 3.63) is 28.7 Å². The molecule has 1 aromatic carbocycles. The molecular formula is C14H19BrClNO2. The molecule has 0 amide bonds. The third kappa shape index (κ3) is 4.63. The summed E-state index contributed by atoms with van der Waals surface area (Å²) in [5.41, 5.74) is 0. The van der Waals surface area contributed by atoms with Crippen molar-refractivity contribution >= 4 is 27.5 Å². The zero-order chi connectivity index (χ0) is 13.7. The summed E-state index contributed by atoms with van der Waals surface area (Å²) in [4.78, 5) is 2.37. The Morgan fingerprint density at radius 1 is 1.53 bits per heavy atom. The molecular weight excluding hydrogens is 330 g/mol. The molecule has 3 nitrogen and oxygen atoms in total. The maximum absolute atomic E-state index is 5.85. The first-order chi connectivity index (χ1) is 9.19. The molecule has 0 bridgehead atoms. The lowest BCUT2D eigenvalue weighted by molar-refractivity contribution is -0.0506. The van der Waals surface area contributed by atoms with E-state index in [1.54, 1.807) is 0 Å². The van der Waals surface area contributed by atoms with Crippen LogP contribution in [0.15, 0.2) is 28.7 Å². The smallest absolute Gasteiger partial charge is 0.120 e. The van der Waals surface area contributed by atoms with Crippen molar-refractivity contribution in [3.8, 4) is 5.75 Å². The Hall–Kier alpha value is -0.290. The van der Waals surface area contributed by atoms with Gasteiger partial charge in [0.25, 0.3) is 0 Å². The van der Waals surface area contributed by atoms with Gasteiger partial charge in [0.05, 0.1) is 12.7 Å². The average molecular weight is 349 g/mol. The van der Waals surface area contributed by atoms with Crippen LogP contribution in [0.1, 0.15) is 6.92 Å². The van der Waals surface area contributed by atoms with E-state index in [-0.39, 0.29) is 6.10 Å². The fourth-order valence-corrected chi connectivity index (χ4v) is 2.68. The lowest BCUT2D eigenvalue weighted by Crippen LogP contribution is -2.50. The van der Waals surface area contributed by atoms with Crippen LogP contribution in [0.25, 0.3) is 0 Å². The average Bonchev–Trinajstić information content (AvgIpc) is 2.41. The molecule has 0 spiro atoms. The quantitative estimate of drug-likeness (QED) is 0.763. The first-order valence-corrected chi connectivity index (χ1v) is 7.82. The number of hydrogen-bond donors (Lipinski definition) is 0. The minimum absolute atomic E-state index is 0.142. The number of morpholine rings is 1. The first kappa shape index (κ1) is 15.1. The fourth-order valence-electron chi connectivity index (χ4n) is 2.12. The number of rotatable bonds is 5. The van der Waals surface area contributed by atoms with Crippen molar-refractivity contribution < 1.29 is 9.47 Å². The molecule has 0 aromatic heterocycles. The number of benzene rings is 1. The molecule has 1 saturated heterocycles. The zero-order valence-electron chi connectivity index (χ0n) is 11.0. The maximum atomic E-state index is 5.85. The molecule has 1 aromatic rings. The van der Waals surface area contributed by atoms with Crippen LogP contribution in [0.5, 0.6) is 5.75 Å². The Balaban J connectivity index is 1.78. The number of halogens is 2. The maximum Gasteiger partial charge on any atom is 0.120 e. The third-order valence-electron chi connectivity index (χ3n) is 3.25. The van der Waals surface area contributed by atoms with Crippen LogP contribution >= 0.6 is 27.5 Å². The molecule has 19 heavy (non-hydrogen) atoms. The standard InChI is InChI=1S/C14H19BrClNO2/c1-11-10-19-14(8-16)9-17(11)5-6-18-13-4-2-3-12(15)7-13/h2-4,7,11,14H,5-6,8-10H2,1H3. The highest BCUT2D eigenvalue weighted by Gasteiger charge is 2.25. The predicted octanol–water partition coefficient (Wildman–Crippen LogP) is 3.16.